The lowest BCUT2D eigenvalue weighted by molar-refractivity contribution is -0.113. The van der Waals surface area contributed by atoms with Gasteiger partial charge in [-0.1, -0.05) is 32.6 Å². The molecule has 1 aromatic rings. The van der Waals surface area contributed by atoms with E-state index in [1.807, 2.05) is 59.8 Å². The van der Waals surface area contributed by atoms with Crippen LogP contribution >= 0.6 is 0 Å². The van der Waals surface area contributed by atoms with Gasteiger partial charge < -0.3 is 15.5 Å². The fourth-order valence-electron chi connectivity index (χ4n) is 2.00. The zero-order chi connectivity index (χ0) is 22.3. The average Bonchev–Trinajstić information content (AvgIpc) is 2.67. The highest BCUT2D eigenvalue weighted by Crippen LogP contribution is 2.30. The molecule has 28 heavy (non-hydrogen) atoms. The highest BCUT2D eigenvalue weighted by Gasteiger charge is 2.31. The predicted molar refractivity (Wildman–Crippen MR) is 121 cm³/mol. The van der Waals surface area contributed by atoms with Crippen molar-refractivity contribution in [1.82, 2.24) is 10.2 Å². The third-order valence-electron chi connectivity index (χ3n) is 3.17. The van der Waals surface area contributed by atoms with Crippen molar-refractivity contribution in [1.29, 1.82) is 0 Å². The molecule has 0 bridgehead atoms. The van der Waals surface area contributed by atoms with Crippen LogP contribution in [-0.4, -0.2) is 44.7 Å². The van der Waals surface area contributed by atoms with Gasteiger partial charge in [-0.25, -0.2) is 0 Å². The summed E-state index contributed by atoms with van der Waals surface area (Å²) < 4.78 is 0. The molecule has 0 radical (unpaired) electrons. The Hall–Kier alpha value is -2.84. The number of hydrogen-bond acceptors (Lipinski definition) is 5. The Kier molecular flexibility index (Phi) is 14.9. The predicted octanol–water partition coefficient (Wildman–Crippen LogP) is 4.02. The van der Waals surface area contributed by atoms with Crippen LogP contribution in [0.25, 0.3) is 0 Å². The standard InChI is InChI=1S/C15H16N2O2.C3H9N.C3H4.C2H6/c1-4-16-14-13(10(3)15(14)19)17-12-7-5-6-11(8-18)9(12)2;1-4(2)3;1-3-2;1-2/h5-8,16-17H,3-4H2,1-2H3;1-3H3;1H,2H3;1-2H3. The first-order valence-electron chi connectivity index (χ1n) is 9.27. The number of terminal acetylenes is 1. The largest absolute Gasteiger partial charge is 0.380 e. The minimum atomic E-state index is -0.0615. The van der Waals surface area contributed by atoms with E-state index in [1.54, 1.807) is 19.1 Å². The fourth-order valence-corrected chi connectivity index (χ4v) is 2.00. The van der Waals surface area contributed by atoms with Gasteiger partial charge >= 0.3 is 0 Å². The molecule has 0 heterocycles. The zero-order valence-electron chi connectivity index (χ0n) is 18.6. The molecular formula is C23H35N3O2. The molecule has 0 saturated heterocycles. The van der Waals surface area contributed by atoms with Gasteiger partial charge in [-0.3, -0.25) is 9.59 Å². The molecule has 0 atom stereocenters. The molecule has 0 spiro atoms. The van der Waals surface area contributed by atoms with Crippen LogP contribution in [0.3, 0.4) is 0 Å². The van der Waals surface area contributed by atoms with Crippen molar-refractivity contribution in [2.24, 2.45) is 0 Å². The van der Waals surface area contributed by atoms with Gasteiger partial charge in [0.2, 0.25) is 5.78 Å². The summed E-state index contributed by atoms with van der Waals surface area (Å²) in [6, 6.07) is 5.43. The maximum absolute atomic E-state index is 11.6. The molecule has 0 aromatic heterocycles. The van der Waals surface area contributed by atoms with Crippen LogP contribution in [-0.2, 0) is 4.79 Å². The number of hydrogen-bond donors (Lipinski definition) is 2. The molecule has 0 aliphatic heterocycles. The molecule has 0 fully saturated rings. The molecule has 154 valence electrons. The monoisotopic (exact) mass is 385 g/mol. The van der Waals surface area contributed by atoms with Gasteiger partial charge in [0.1, 0.15) is 12.0 Å². The van der Waals surface area contributed by atoms with Crippen molar-refractivity contribution in [3.63, 3.8) is 0 Å². The zero-order valence-corrected chi connectivity index (χ0v) is 18.6. The van der Waals surface area contributed by atoms with E-state index in [0.717, 1.165) is 17.5 Å². The van der Waals surface area contributed by atoms with E-state index in [1.165, 1.54) is 0 Å². The van der Waals surface area contributed by atoms with E-state index in [4.69, 9.17) is 0 Å². The first-order chi connectivity index (χ1) is 13.2. The van der Waals surface area contributed by atoms with Crippen LogP contribution in [0.4, 0.5) is 5.69 Å². The smallest absolute Gasteiger partial charge is 0.212 e. The number of allylic oxidation sites excluding steroid dienone is 2. The lowest BCUT2D eigenvalue weighted by Gasteiger charge is -2.27. The normalized spacial score (nSPS) is 11.4. The number of carbonyl (C=O) groups is 2. The second-order valence-corrected chi connectivity index (χ2v) is 5.98. The fraction of sp³-hybridized carbons (Fsp3) is 0.391. The maximum Gasteiger partial charge on any atom is 0.212 e. The summed E-state index contributed by atoms with van der Waals surface area (Å²) in [6.45, 7) is 13.9. The van der Waals surface area contributed by atoms with Gasteiger partial charge in [0.25, 0.3) is 0 Å². The Morgan fingerprint density at radius 3 is 2.14 bits per heavy atom. The molecule has 5 nitrogen and oxygen atoms in total. The quantitative estimate of drug-likeness (QED) is 0.455. The third kappa shape index (κ3) is 8.70. The van der Waals surface area contributed by atoms with Crippen LogP contribution < -0.4 is 10.6 Å². The number of anilines is 1. The Bertz CT molecular complexity index is 723. The molecule has 1 aliphatic carbocycles. The van der Waals surface area contributed by atoms with Crippen LogP contribution in [0.2, 0.25) is 0 Å². The second-order valence-electron chi connectivity index (χ2n) is 5.98. The number of benzene rings is 1. The second kappa shape index (κ2) is 15.2. The summed E-state index contributed by atoms with van der Waals surface area (Å²) in [5.74, 6) is 2.19. The Balaban J connectivity index is 0. The van der Waals surface area contributed by atoms with Crippen molar-refractivity contribution in [2.45, 2.75) is 34.6 Å². The highest BCUT2D eigenvalue weighted by molar-refractivity contribution is 6.20. The summed E-state index contributed by atoms with van der Waals surface area (Å²) in [7, 11) is 6.00. The minimum Gasteiger partial charge on any atom is -0.380 e. The van der Waals surface area contributed by atoms with E-state index < -0.39 is 0 Å². The first-order valence-corrected chi connectivity index (χ1v) is 9.27. The molecule has 0 unspecified atom stereocenters. The lowest BCUT2D eigenvalue weighted by Crippen LogP contribution is -2.35. The number of ketones is 1. The Labute approximate surface area is 170 Å². The number of carbonyl (C=O) groups excluding carboxylic acids is 2. The number of nitrogens with zero attached hydrogens (tertiary/aromatic N) is 1. The average molecular weight is 386 g/mol. The topological polar surface area (TPSA) is 61.4 Å². The van der Waals surface area contributed by atoms with Gasteiger partial charge in [-0.05, 0) is 53.5 Å². The molecule has 0 amide bonds. The van der Waals surface area contributed by atoms with Crippen molar-refractivity contribution >= 4 is 17.8 Å². The van der Waals surface area contributed by atoms with E-state index in [-0.39, 0.29) is 5.78 Å². The van der Waals surface area contributed by atoms with Gasteiger partial charge in [0, 0.05) is 23.4 Å². The minimum absolute atomic E-state index is 0.0615. The van der Waals surface area contributed by atoms with Crippen LogP contribution in [0.5, 0.6) is 0 Å². The van der Waals surface area contributed by atoms with Gasteiger partial charge in [0.15, 0.2) is 0 Å². The van der Waals surface area contributed by atoms with Gasteiger partial charge in [-0.15, -0.1) is 12.3 Å². The molecule has 1 aromatic carbocycles. The number of aldehydes is 1. The first kappa shape index (κ1) is 27.4. The van der Waals surface area contributed by atoms with Crippen molar-refractivity contribution < 1.29 is 9.59 Å². The molecule has 5 heteroatoms. The van der Waals surface area contributed by atoms with Crippen molar-refractivity contribution in [3.8, 4) is 12.3 Å². The SMILES string of the molecule is C#CC.C=C1C(=O)C(NCC)=C1Nc1cccc(C=O)c1C.CC.CN(C)C. The molecule has 2 rings (SSSR count). The van der Waals surface area contributed by atoms with Crippen LogP contribution in [0.15, 0.2) is 41.7 Å². The third-order valence-corrected chi connectivity index (χ3v) is 3.17. The van der Waals surface area contributed by atoms with Crippen LogP contribution in [0, 0.1) is 19.3 Å². The number of rotatable bonds is 5. The summed E-state index contributed by atoms with van der Waals surface area (Å²) in [6.07, 6.45) is 5.42. The summed E-state index contributed by atoms with van der Waals surface area (Å²) in [5, 5.41) is 6.19. The van der Waals surface area contributed by atoms with Gasteiger partial charge in [-0.2, -0.15) is 0 Å². The molecule has 1 aliphatic rings. The highest BCUT2D eigenvalue weighted by atomic mass is 16.1. The molecular weight excluding hydrogens is 350 g/mol. The van der Waals surface area contributed by atoms with Gasteiger partial charge in [0.05, 0.1) is 5.70 Å². The number of nitrogens with one attached hydrogen (secondary N) is 2. The van der Waals surface area contributed by atoms with Crippen molar-refractivity contribution in [3.05, 3.63) is 52.9 Å². The Morgan fingerprint density at radius 2 is 1.71 bits per heavy atom. The van der Waals surface area contributed by atoms with E-state index in [9.17, 15) is 9.59 Å². The summed E-state index contributed by atoms with van der Waals surface area (Å²) in [5.41, 5.74) is 4.02. The maximum atomic E-state index is 11.6. The lowest BCUT2D eigenvalue weighted by atomic mass is 9.92. The van der Waals surface area contributed by atoms with Crippen molar-refractivity contribution in [2.75, 3.05) is 33.0 Å². The van der Waals surface area contributed by atoms with Crippen LogP contribution in [0.1, 0.15) is 43.6 Å². The Morgan fingerprint density at radius 1 is 1.21 bits per heavy atom. The van der Waals surface area contributed by atoms with E-state index >= 15 is 0 Å². The van der Waals surface area contributed by atoms with E-state index in [2.05, 4.69) is 29.6 Å². The summed E-state index contributed by atoms with van der Waals surface area (Å²) >= 11 is 0. The van der Waals surface area contributed by atoms with E-state index in [0.29, 0.717) is 29.1 Å². The molecule has 0 saturated carbocycles. The molecule has 2 N–H and O–H groups in total. The number of Topliss-reactive ketones (excluding diaryl/α,β-unsaturated/α-hetero) is 1. The summed E-state index contributed by atoms with van der Waals surface area (Å²) in [4.78, 5) is 24.6. The number of likely N-dealkylation sites (N-methyl/N-ethyl adjacent to an activating group) is 1.